The van der Waals surface area contributed by atoms with Gasteiger partial charge in [-0.2, -0.15) is 0 Å². The number of anilines is 1. The zero-order chi connectivity index (χ0) is 19.8. The van der Waals surface area contributed by atoms with Crippen LogP contribution in [-0.4, -0.2) is 45.4 Å². The summed E-state index contributed by atoms with van der Waals surface area (Å²) in [6.07, 6.45) is 3.78. The lowest BCUT2D eigenvalue weighted by molar-refractivity contribution is 0.347. The molecule has 3 N–H and O–H groups in total. The summed E-state index contributed by atoms with van der Waals surface area (Å²) in [5.41, 5.74) is 4.62. The monoisotopic (exact) mass is 387 g/mol. The third-order valence-electron chi connectivity index (χ3n) is 5.82. The van der Waals surface area contributed by atoms with Crippen LogP contribution in [0.15, 0.2) is 54.3 Å². The van der Waals surface area contributed by atoms with Crippen molar-refractivity contribution in [3.8, 4) is 0 Å². The SMILES string of the molecule is N=C1C(c2nc3ccc(N4CCCCC4)cc3[nH]2)=C(O)CN1Cc1ccccc1. The predicted molar refractivity (Wildman–Crippen MR) is 116 cm³/mol. The van der Waals surface area contributed by atoms with Gasteiger partial charge in [-0.3, -0.25) is 5.41 Å². The van der Waals surface area contributed by atoms with Crippen LogP contribution in [0, 0.1) is 5.41 Å². The summed E-state index contributed by atoms with van der Waals surface area (Å²) < 4.78 is 0. The number of fused-ring (bicyclic) bond motifs is 1. The Kier molecular flexibility index (Phi) is 4.46. The summed E-state index contributed by atoms with van der Waals surface area (Å²) in [6, 6.07) is 16.3. The van der Waals surface area contributed by atoms with Gasteiger partial charge < -0.3 is 19.9 Å². The minimum absolute atomic E-state index is 0.196. The Morgan fingerprint density at radius 3 is 2.62 bits per heavy atom. The van der Waals surface area contributed by atoms with Gasteiger partial charge in [-0.25, -0.2) is 4.98 Å². The standard InChI is InChI=1S/C23H25N5O/c24-22-21(20(29)15-28(22)14-16-7-3-1-4-8-16)23-25-18-10-9-17(13-19(18)26-23)27-11-5-2-6-12-27/h1,3-4,7-10,13,24,29H,2,5-6,11-12,14-15H2,(H,25,26). The first-order valence-electron chi connectivity index (χ1n) is 10.2. The molecule has 148 valence electrons. The summed E-state index contributed by atoms with van der Waals surface area (Å²) in [5.74, 6) is 1.07. The number of rotatable bonds is 4. The van der Waals surface area contributed by atoms with Gasteiger partial charge in [0.15, 0.2) is 0 Å². The molecule has 1 saturated heterocycles. The van der Waals surface area contributed by atoms with Crippen molar-refractivity contribution < 1.29 is 5.11 Å². The molecule has 0 radical (unpaired) electrons. The van der Waals surface area contributed by atoms with Crippen LogP contribution in [-0.2, 0) is 6.54 Å². The lowest BCUT2D eigenvalue weighted by atomic mass is 10.1. The average Bonchev–Trinajstić information content (AvgIpc) is 3.28. The molecule has 3 heterocycles. The molecule has 6 nitrogen and oxygen atoms in total. The molecule has 2 aliphatic heterocycles. The van der Waals surface area contributed by atoms with Gasteiger partial charge in [0.2, 0.25) is 0 Å². The van der Waals surface area contributed by atoms with E-state index in [0.29, 0.717) is 30.3 Å². The molecule has 1 fully saturated rings. The highest BCUT2D eigenvalue weighted by Gasteiger charge is 2.30. The number of piperidine rings is 1. The number of hydrogen-bond donors (Lipinski definition) is 3. The minimum Gasteiger partial charge on any atom is -0.510 e. The molecular formula is C23H25N5O. The molecule has 0 unspecified atom stereocenters. The summed E-state index contributed by atoms with van der Waals surface area (Å²) in [5, 5.41) is 19.2. The van der Waals surface area contributed by atoms with Crippen LogP contribution in [0.3, 0.4) is 0 Å². The highest BCUT2D eigenvalue weighted by Crippen LogP contribution is 2.30. The average molecular weight is 387 g/mol. The van der Waals surface area contributed by atoms with E-state index in [9.17, 15) is 5.11 Å². The third kappa shape index (κ3) is 3.35. The van der Waals surface area contributed by atoms with Gasteiger partial charge >= 0.3 is 0 Å². The van der Waals surface area contributed by atoms with Crippen molar-refractivity contribution in [2.24, 2.45) is 0 Å². The van der Waals surface area contributed by atoms with Crippen molar-refractivity contribution in [3.63, 3.8) is 0 Å². The van der Waals surface area contributed by atoms with Gasteiger partial charge in [0.1, 0.15) is 17.4 Å². The molecule has 0 atom stereocenters. The first-order chi connectivity index (χ1) is 14.2. The van der Waals surface area contributed by atoms with E-state index < -0.39 is 0 Å². The number of aromatic amines is 1. The second-order valence-electron chi connectivity index (χ2n) is 7.85. The molecule has 2 aromatic carbocycles. The Bertz CT molecular complexity index is 1080. The number of benzene rings is 2. The highest BCUT2D eigenvalue weighted by molar-refractivity contribution is 6.23. The van der Waals surface area contributed by atoms with E-state index in [4.69, 9.17) is 5.41 Å². The van der Waals surface area contributed by atoms with Gasteiger partial charge in [-0.05, 0) is 43.0 Å². The number of aromatic nitrogens is 2. The second-order valence-corrected chi connectivity index (χ2v) is 7.85. The zero-order valence-electron chi connectivity index (χ0n) is 16.4. The zero-order valence-corrected chi connectivity index (χ0v) is 16.4. The fourth-order valence-corrected chi connectivity index (χ4v) is 4.29. The summed E-state index contributed by atoms with van der Waals surface area (Å²) in [6.45, 7) is 3.11. The molecule has 5 rings (SSSR count). The number of nitrogens with zero attached hydrogens (tertiary/aromatic N) is 3. The first-order valence-corrected chi connectivity index (χ1v) is 10.2. The van der Waals surface area contributed by atoms with Crippen LogP contribution in [0.2, 0.25) is 0 Å². The van der Waals surface area contributed by atoms with Crippen molar-refractivity contribution in [2.45, 2.75) is 25.8 Å². The molecule has 0 bridgehead atoms. The lowest BCUT2D eigenvalue weighted by Gasteiger charge is -2.28. The van der Waals surface area contributed by atoms with Crippen LogP contribution in [0.4, 0.5) is 5.69 Å². The van der Waals surface area contributed by atoms with E-state index in [1.807, 2.05) is 41.3 Å². The quantitative estimate of drug-likeness (QED) is 0.623. The van der Waals surface area contributed by atoms with E-state index in [2.05, 4.69) is 27.0 Å². The lowest BCUT2D eigenvalue weighted by Crippen LogP contribution is -2.29. The van der Waals surface area contributed by atoms with Crippen molar-refractivity contribution in [1.82, 2.24) is 14.9 Å². The maximum absolute atomic E-state index is 10.6. The van der Waals surface area contributed by atoms with Crippen LogP contribution >= 0.6 is 0 Å². The van der Waals surface area contributed by atoms with Crippen LogP contribution in [0.5, 0.6) is 0 Å². The number of aliphatic hydroxyl groups is 1. The summed E-state index contributed by atoms with van der Waals surface area (Å²) in [4.78, 5) is 12.3. The smallest absolute Gasteiger partial charge is 0.145 e. The van der Waals surface area contributed by atoms with Crippen LogP contribution in [0.25, 0.3) is 16.6 Å². The number of hydrogen-bond acceptors (Lipinski definition) is 4. The van der Waals surface area contributed by atoms with Crippen LogP contribution < -0.4 is 4.90 Å². The normalized spacial score (nSPS) is 17.6. The van der Waals surface area contributed by atoms with Crippen molar-refractivity contribution in [2.75, 3.05) is 24.5 Å². The Hall–Kier alpha value is -3.28. The van der Waals surface area contributed by atoms with Gasteiger partial charge in [-0.1, -0.05) is 30.3 Å². The summed E-state index contributed by atoms with van der Waals surface area (Å²) >= 11 is 0. The maximum Gasteiger partial charge on any atom is 0.145 e. The number of amidine groups is 1. The fraction of sp³-hybridized carbons (Fsp3) is 0.304. The Labute approximate surface area is 170 Å². The largest absolute Gasteiger partial charge is 0.510 e. The number of nitrogens with one attached hydrogen (secondary N) is 2. The Morgan fingerprint density at radius 1 is 1.03 bits per heavy atom. The van der Waals surface area contributed by atoms with E-state index in [1.54, 1.807) is 0 Å². The summed E-state index contributed by atoms with van der Waals surface area (Å²) in [7, 11) is 0. The van der Waals surface area contributed by atoms with Gasteiger partial charge in [0.25, 0.3) is 0 Å². The maximum atomic E-state index is 10.6. The van der Waals surface area contributed by atoms with Gasteiger partial charge in [0, 0.05) is 25.3 Å². The van der Waals surface area contributed by atoms with Crippen LogP contribution in [0.1, 0.15) is 30.7 Å². The number of aliphatic hydroxyl groups excluding tert-OH is 1. The van der Waals surface area contributed by atoms with E-state index in [1.165, 1.54) is 24.9 Å². The molecule has 29 heavy (non-hydrogen) atoms. The molecule has 3 aromatic rings. The van der Waals surface area contributed by atoms with E-state index in [-0.39, 0.29) is 5.76 Å². The second kappa shape index (κ2) is 7.28. The van der Waals surface area contributed by atoms with E-state index in [0.717, 1.165) is 29.7 Å². The number of imidazole rings is 1. The van der Waals surface area contributed by atoms with Gasteiger partial charge in [-0.15, -0.1) is 0 Å². The van der Waals surface area contributed by atoms with Crippen molar-refractivity contribution in [3.05, 3.63) is 65.7 Å². The topological polar surface area (TPSA) is 79.2 Å². The number of H-pyrrole nitrogens is 1. The molecular weight excluding hydrogens is 362 g/mol. The molecule has 2 aliphatic rings. The molecule has 6 heteroatoms. The minimum atomic E-state index is 0.196. The molecule has 0 saturated carbocycles. The third-order valence-corrected chi connectivity index (χ3v) is 5.82. The Morgan fingerprint density at radius 2 is 1.83 bits per heavy atom. The first kappa shape index (κ1) is 17.8. The molecule has 1 aromatic heterocycles. The highest BCUT2D eigenvalue weighted by atomic mass is 16.3. The van der Waals surface area contributed by atoms with Crippen molar-refractivity contribution in [1.29, 1.82) is 5.41 Å². The fourth-order valence-electron chi connectivity index (χ4n) is 4.29. The van der Waals surface area contributed by atoms with Gasteiger partial charge in [0.05, 0.1) is 23.2 Å². The van der Waals surface area contributed by atoms with Crippen molar-refractivity contribution >= 4 is 28.1 Å². The Balaban J connectivity index is 1.41. The van der Waals surface area contributed by atoms with E-state index >= 15 is 0 Å². The predicted octanol–water partition coefficient (Wildman–Crippen LogP) is 4.32. The molecule has 0 aliphatic carbocycles. The molecule has 0 amide bonds. The molecule has 0 spiro atoms.